The summed E-state index contributed by atoms with van der Waals surface area (Å²) in [6, 6.07) is 3.82. The zero-order chi connectivity index (χ0) is 10.9. The van der Waals surface area contributed by atoms with E-state index >= 15 is 0 Å². The molecule has 1 heterocycles. The highest BCUT2D eigenvalue weighted by atomic mass is 32.1. The second-order valence-corrected chi connectivity index (χ2v) is 5.44. The second-order valence-electron chi connectivity index (χ2n) is 4.47. The predicted octanol–water partition coefficient (Wildman–Crippen LogP) is 2.93. The van der Waals surface area contributed by atoms with E-state index in [1.54, 1.807) is 0 Å². The summed E-state index contributed by atoms with van der Waals surface area (Å²) < 4.78 is 0. The van der Waals surface area contributed by atoms with Crippen molar-refractivity contribution in [2.45, 2.75) is 38.7 Å². The molecule has 1 aliphatic carbocycles. The Morgan fingerprint density at radius 1 is 1.53 bits per heavy atom. The maximum atomic E-state index is 11.9. The number of aliphatic hydroxyl groups is 1. The van der Waals surface area contributed by atoms with E-state index in [0.717, 1.165) is 24.1 Å². The number of thiophene rings is 1. The Bertz CT molecular complexity index is 345. The van der Waals surface area contributed by atoms with E-state index in [1.807, 2.05) is 24.4 Å². The lowest BCUT2D eigenvalue weighted by atomic mass is 9.70. The van der Waals surface area contributed by atoms with Crippen LogP contribution in [-0.2, 0) is 4.79 Å². The van der Waals surface area contributed by atoms with E-state index in [0.29, 0.717) is 6.42 Å². The summed E-state index contributed by atoms with van der Waals surface area (Å²) in [6.45, 7) is 1.90. The highest BCUT2D eigenvalue weighted by Gasteiger charge is 2.42. The molecule has 1 N–H and O–H groups in total. The molecule has 0 saturated heterocycles. The van der Waals surface area contributed by atoms with Gasteiger partial charge in [-0.25, -0.2) is 0 Å². The maximum absolute atomic E-state index is 11.9. The molecule has 3 heteroatoms. The third-order valence-electron chi connectivity index (χ3n) is 3.40. The van der Waals surface area contributed by atoms with Crippen LogP contribution in [0, 0.1) is 5.41 Å². The molecule has 1 aliphatic rings. The van der Waals surface area contributed by atoms with Gasteiger partial charge in [0.1, 0.15) is 11.9 Å². The maximum Gasteiger partial charge on any atom is 0.141 e. The van der Waals surface area contributed by atoms with Crippen LogP contribution >= 0.6 is 11.3 Å². The van der Waals surface area contributed by atoms with Gasteiger partial charge in [-0.3, -0.25) is 4.79 Å². The van der Waals surface area contributed by atoms with Crippen molar-refractivity contribution in [3.63, 3.8) is 0 Å². The van der Waals surface area contributed by atoms with Crippen LogP contribution in [0.2, 0.25) is 0 Å². The summed E-state index contributed by atoms with van der Waals surface area (Å²) >= 11 is 1.52. The number of rotatable bonds is 2. The van der Waals surface area contributed by atoms with Gasteiger partial charge in [-0.15, -0.1) is 11.3 Å². The van der Waals surface area contributed by atoms with Crippen LogP contribution in [0.4, 0.5) is 0 Å². The van der Waals surface area contributed by atoms with Crippen molar-refractivity contribution >= 4 is 17.1 Å². The largest absolute Gasteiger partial charge is 0.387 e. The summed E-state index contributed by atoms with van der Waals surface area (Å²) in [7, 11) is 0. The third-order valence-corrected chi connectivity index (χ3v) is 4.33. The quantitative estimate of drug-likeness (QED) is 0.838. The van der Waals surface area contributed by atoms with Crippen molar-refractivity contribution in [1.29, 1.82) is 0 Å². The van der Waals surface area contributed by atoms with Crippen molar-refractivity contribution in [2.75, 3.05) is 0 Å². The molecule has 1 aromatic heterocycles. The highest BCUT2D eigenvalue weighted by molar-refractivity contribution is 7.10. The molecule has 1 saturated carbocycles. The summed E-state index contributed by atoms with van der Waals surface area (Å²) in [5.74, 6) is 0.217. The Morgan fingerprint density at radius 2 is 2.33 bits per heavy atom. The third kappa shape index (κ3) is 1.86. The first-order valence-electron chi connectivity index (χ1n) is 5.39. The Hall–Kier alpha value is -0.670. The molecule has 1 aromatic rings. The van der Waals surface area contributed by atoms with E-state index in [4.69, 9.17) is 0 Å². The average molecular weight is 224 g/mol. The number of ketones is 1. The Balaban J connectivity index is 2.24. The van der Waals surface area contributed by atoms with Gasteiger partial charge < -0.3 is 5.11 Å². The molecule has 0 radical (unpaired) electrons. The van der Waals surface area contributed by atoms with Gasteiger partial charge in [-0.1, -0.05) is 12.5 Å². The number of aliphatic hydroxyl groups excluding tert-OH is 1. The summed E-state index contributed by atoms with van der Waals surface area (Å²) in [5.41, 5.74) is -0.552. The summed E-state index contributed by atoms with van der Waals surface area (Å²) in [6.07, 6.45) is 2.84. The molecule has 0 aliphatic heterocycles. The Kier molecular flexibility index (Phi) is 2.94. The fourth-order valence-electron chi connectivity index (χ4n) is 2.25. The molecule has 0 aromatic carbocycles. The first-order valence-corrected chi connectivity index (χ1v) is 6.27. The predicted molar refractivity (Wildman–Crippen MR) is 60.9 cm³/mol. The molecule has 0 amide bonds. The van der Waals surface area contributed by atoms with E-state index in [-0.39, 0.29) is 5.78 Å². The zero-order valence-electron chi connectivity index (χ0n) is 8.90. The smallest absolute Gasteiger partial charge is 0.141 e. The number of carbonyl (C=O) groups is 1. The highest BCUT2D eigenvalue weighted by Crippen LogP contribution is 2.44. The topological polar surface area (TPSA) is 37.3 Å². The molecule has 1 unspecified atom stereocenters. The van der Waals surface area contributed by atoms with Gasteiger partial charge in [0.2, 0.25) is 0 Å². The normalized spacial score (nSPS) is 29.1. The van der Waals surface area contributed by atoms with Gasteiger partial charge in [0.15, 0.2) is 0 Å². The van der Waals surface area contributed by atoms with Crippen molar-refractivity contribution in [3.8, 4) is 0 Å². The van der Waals surface area contributed by atoms with Crippen molar-refractivity contribution < 1.29 is 9.90 Å². The molecule has 1 fully saturated rings. The fraction of sp³-hybridized carbons (Fsp3) is 0.583. The van der Waals surface area contributed by atoms with Crippen LogP contribution in [0.5, 0.6) is 0 Å². The Labute approximate surface area is 93.9 Å². The lowest BCUT2D eigenvalue weighted by Crippen LogP contribution is -2.36. The van der Waals surface area contributed by atoms with E-state index < -0.39 is 11.5 Å². The molecule has 0 bridgehead atoms. The standard InChI is InChI=1S/C12H16O2S/c1-12(7-3-2-6-10(12)13)11(14)9-5-4-8-15-9/h4-5,8,11,14H,2-3,6-7H2,1H3/t11?,12-/m1/s1. The zero-order valence-corrected chi connectivity index (χ0v) is 9.72. The van der Waals surface area contributed by atoms with Crippen molar-refractivity contribution in [2.24, 2.45) is 5.41 Å². The number of hydrogen-bond donors (Lipinski definition) is 1. The van der Waals surface area contributed by atoms with Crippen LogP contribution in [-0.4, -0.2) is 10.9 Å². The second kappa shape index (κ2) is 4.06. The van der Waals surface area contributed by atoms with Crippen LogP contribution in [0.15, 0.2) is 17.5 Å². The first-order chi connectivity index (χ1) is 7.14. The van der Waals surface area contributed by atoms with Crippen LogP contribution in [0.1, 0.15) is 43.6 Å². The summed E-state index contributed by atoms with van der Waals surface area (Å²) in [5, 5.41) is 12.2. The van der Waals surface area contributed by atoms with E-state index in [2.05, 4.69) is 0 Å². The molecule has 2 atom stereocenters. The minimum Gasteiger partial charge on any atom is -0.387 e. The Morgan fingerprint density at radius 3 is 2.93 bits per heavy atom. The molecule has 0 spiro atoms. The van der Waals surface area contributed by atoms with Gasteiger partial charge in [-0.05, 0) is 31.2 Å². The molecule has 2 nitrogen and oxygen atoms in total. The number of Topliss-reactive ketones (excluding diaryl/α,β-unsaturated/α-hetero) is 1. The SMILES string of the molecule is C[C@@]1(C(O)c2cccs2)CCCCC1=O. The lowest BCUT2D eigenvalue weighted by Gasteiger charge is -2.35. The first kappa shape index (κ1) is 10.8. The van der Waals surface area contributed by atoms with Crippen LogP contribution in [0.25, 0.3) is 0 Å². The van der Waals surface area contributed by atoms with Crippen LogP contribution < -0.4 is 0 Å². The molecule has 15 heavy (non-hydrogen) atoms. The van der Waals surface area contributed by atoms with E-state index in [1.165, 1.54) is 11.3 Å². The van der Waals surface area contributed by atoms with E-state index in [9.17, 15) is 9.90 Å². The fourth-order valence-corrected chi connectivity index (χ4v) is 3.11. The van der Waals surface area contributed by atoms with Crippen molar-refractivity contribution in [3.05, 3.63) is 22.4 Å². The van der Waals surface area contributed by atoms with Crippen molar-refractivity contribution in [1.82, 2.24) is 0 Å². The minimum atomic E-state index is -0.620. The molecular formula is C12H16O2S. The van der Waals surface area contributed by atoms with Crippen LogP contribution in [0.3, 0.4) is 0 Å². The van der Waals surface area contributed by atoms with Gasteiger partial charge in [-0.2, -0.15) is 0 Å². The van der Waals surface area contributed by atoms with Gasteiger partial charge in [0, 0.05) is 11.3 Å². The molecule has 82 valence electrons. The number of carbonyl (C=O) groups excluding carboxylic acids is 1. The molecular weight excluding hydrogens is 208 g/mol. The number of hydrogen-bond acceptors (Lipinski definition) is 3. The van der Waals surface area contributed by atoms with Gasteiger partial charge >= 0.3 is 0 Å². The monoisotopic (exact) mass is 224 g/mol. The lowest BCUT2D eigenvalue weighted by molar-refractivity contribution is -0.137. The van der Waals surface area contributed by atoms with Gasteiger partial charge in [0.25, 0.3) is 0 Å². The molecule has 2 rings (SSSR count). The average Bonchev–Trinajstić information content (AvgIpc) is 2.74. The minimum absolute atomic E-state index is 0.217. The van der Waals surface area contributed by atoms with Gasteiger partial charge in [0.05, 0.1) is 5.41 Å². The summed E-state index contributed by atoms with van der Waals surface area (Å²) in [4.78, 5) is 12.8.